The van der Waals surface area contributed by atoms with E-state index in [2.05, 4.69) is 0 Å². The number of carbonyl (C=O) groups is 1. The summed E-state index contributed by atoms with van der Waals surface area (Å²) in [6.45, 7) is 8.58. The summed E-state index contributed by atoms with van der Waals surface area (Å²) < 4.78 is 10.8. The Hall–Kier alpha value is -1.97. The molecule has 4 nitrogen and oxygen atoms in total. The highest BCUT2D eigenvalue weighted by Gasteiger charge is 2.28. The lowest BCUT2D eigenvalue weighted by molar-refractivity contribution is 0.0296. The molecule has 4 heteroatoms. The highest BCUT2D eigenvalue weighted by Crippen LogP contribution is 2.26. The van der Waals surface area contributed by atoms with Crippen molar-refractivity contribution in [3.63, 3.8) is 0 Å². The molecule has 0 saturated heterocycles. The van der Waals surface area contributed by atoms with E-state index in [0.717, 1.165) is 16.8 Å². The van der Waals surface area contributed by atoms with Gasteiger partial charge in [0.25, 0.3) is 0 Å². The maximum Gasteiger partial charge on any atom is 0.415 e. The summed E-state index contributed by atoms with van der Waals surface area (Å²) in [7, 11) is 0. The van der Waals surface area contributed by atoms with Crippen molar-refractivity contribution in [3.8, 4) is 0 Å². The lowest BCUT2D eigenvalue weighted by atomic mass is 10.1. The molecule has 1 aromatic carbocycles. The van der Waals surface area contributed by atoms with Crippen LogP contribution in [0.2, 0.25) is 0 Å². The third-order valence-electron chi connectivity index (χ3n) is 2.95. The molecule has 1 amide bonds. The van der Waals surface area contributed by atoms with Crippen molar-refractivity contribution >= 4 is 11.8 Å². The van der Waals surface area contributed by atoms with Crippen molar-refractivity contribution in [1.29, 1.82) is 0 Å². The van der Waals surface area contributed by atoms with Crippen LogP contribution in [0.5, 0.6) is 0 Å². The molecular weight excluding hydrogens is 254 g/mol. The minimum atomic E-state index is -0.508. The zero-order valence-electron chi connectivity index (χ0n) is 12.5. The van der Waals surface area contributed by atoms with Gasteiger partial charge in [-0.05, 0) is 33.3 Å². The van der Waals surface area contributed by atoms with Gasteiger partial charge in [-0.3, -0.25) is 4.90 Å². The first-order valence-electron chi connectivity index (χ1n) is 6.77. The number of amides is 1. The number of nitrogens with zero attached hydrogens (tertiary/aromatic N) is 1. The van der Waals surface area contributed by atoms with E-state index in [0.29, 0.717) is 13.2 Å². The lowest BCUT2D eigenvalue weighted by Gasteiger charge is -2.31. The van der Waals surface area contributed by atoms with Crippen LogP contribution in [0, 0.1) is 6.92 Å². The van der Waals surface area contributed by atoms with Gasteiger partial charge in [0.15, 0.2) is 0 Å². The quantitative estimate of drug-likeness (QED) is 0.786. The second-order valence-electron chi connectivity index (χ2n) is 5.82. The second kappa shape index (κ2) is 5.57. The van der Waals surface area contributed by atoms with E-state index in [1.165, 1.54) is 0 Å². The predicted molar refractivity (Wildman–Crippen MR) is 78.0 cm³/mol. The molecule has 0 spiro atoms. The van der Waals surface area contributed by atoms with Gasteiger partial charge >= 0.3 is 6.09 Å². The number of hydrogen-bond acceptors (Lipinski definition) is 3. The summed E-state index contributed by atoms with van der Waals surface area (Å²) in [6, 6.07) is 7.91. The van der Waals surface area contributed by atoms with Gasteiger partial charge in [0.2, 0.25) is 0 Å². The Morgan fingerprint density at radius 1 is 1.30 bits per heavy atom. The average molecular weight is 275 g/mol. The second-order valence-corrected chi connectivity index (χ2v) is 5.82. The van der Waals surface area contributed by atoms with E-state index >= 15 is 0 Å². The highest BCUT2D eigenvalue weighted by atomic mass is 16.6. The number of ether oxygens (including phenoxy) is 2. The van der Waals surface area contributed by atoms with Gasteiger partial charge in [0.05, 0.1) is 12.2 Å². The maximum atomic E-state index is 12.3. The summed E-state index contributed by atoms with van der Waals surface area (Å²) in [4.78, 5) is 14.0. The molecule has 1 aliphatic heterocycles. The van der Waals surface area contributed by atoms with E-state index < -0.39 is 5.60 Å². The van der Waals surface area contributed by atoms with E-state index in [4.69, 9.17) is 9.47 Å². The first-order chi connectivity index (χ1) is 9.38. The Kier molecular flexibility index (Phi) is 4.02. The fraction of sp³-hybridized carbons (Fsp3) is 0.438. The van der Waals surface area contributed by atoms with Crippen LogP contribution in [-0.2, 0) is 9.47 Å². The predicted octanol–water partition coefficient (Wildman–Crippen LogP) is 3.56. The van der Waals surface area contributed by atoms with Crippen molar-refractivity contribution in [3.05, 3.63) is 41.7 Å². The SMILES string of the molecule is Cc1ccccc1C1=COCCN1C(=O)OC(C)(C)C. The molecule has 0 fully saturated rings. The zero-order valence-corrected chi connectivity index (χ0v) is 12.5. The molecule has 2 rings (SSSR count). The molecule has 1 aromatic rings. The lowest BCUT2D eigenvalue weighted by Crippen LogP contribution is -2.39. The maximum absolute atomic E-state index is 12.3. The summed E-state index contributed by atoms with van der Waals surface area (Å²) in [5, 5.41) is 0. The standard InChI is InChI=1S/C16H21NO3/c1-12-7-5-6-8-13(12)14-11-19-10-9-17(14)15(18)20-16(2,3)4/h5-8,11H,9-10H2,1-4H3. The van der Waals surface area contributed by atoms with Gasteiger partial charge < -0.3 is 9.47 Å². The molecule has 0 N–H and O–H groups in total. The fourth-order valence-electron chi connectivity index (χ4n) is 2.04. The number of rotatable bonds is 1. The molecule has 0 bridgehead atoms. The fourth-order valence-corrected chi connectivity index (χ4v) is 2.04. The Morgan fingerprint density at radius 2 is 2.00 bits per heavy atom. The van der Waals surface area contributed by atoms with E-state index in [1.54, 1.807) is 11.2 Å². The van der Waals surface area contributed by atoms with Crippen molar-refractivity contribution < 1.29 is 14.3 Å². The summed E-state index contributed by atoms with van der Waals surface area (Å²) in [5.74, 6) is 0. The van der Waals surface area contributed by atoms with Crippen LogP contribution < -0.4 is 0 Å². The van der Waals surface area contributed by atoms with Gasteiger partial charge in [-0.2, -0.15) is 0 Å². The molecule has 0 atom stereocenters. The van der Waals surface area contributed by atoms with Crippen molar-refractivity contribution in [2.45, 2.75) is 33.3 Å². The van der Waals surface area contributed by atoms with Crippen molar-refractivity contribution in [2.24, 2.45) is 0 Å². The van der Waals surface area contributed by atoms with Crippen molar-refractivity contribution in [2.75, 3.05) is 13.2 Å². The number of carbonyl (C=O) groups excluding carboxylic acids is 1. The molecule has 108 valence electrons. The van der Waals surface area contributed by atoms with Crippen LogP contribution in [0.4, 0.5) is 4.79 Å². The number of hydrogen-bond donors (Lipinski definition) is 0. The van der Waals surface area contributed by atoms with E-state index in [-0.39, 0.29) is 6.09 Å². The van der Waals surface area contributed by atoms with Crippen LogP contribution in [0.15, 0.2) is 30.5 Å². The molecule has 1 aliphatic rings. The molecule has 20 heavy (non-hydrogen) atoms. The topological polar surface area (TPSA) is 38.8 Å². The Labute approximate surface area is 120 Å². The van der Waals surface area contributed by atoms with Gasteiger partial charge in [-0.25, -0.2) is 4.79 Å². The Morgan fingerprint density at radius 3 is 2.65 bits per heavy atom. The van der Waals surface area contributed by atoms with Gasteiger partial charge in [0, 0.05) is 5.56 Å². The van der Waals surface area contributed by atoms with Crippen LogP contribution in [0.25, 0.3) is 5.70 Å². The molecular formula is C16H21NO3. The number of benzene rings is 1. The summed E-state index contributed by atoms with van der Waals surface area (Å²) in [6.07, 6.45) is 1.30. The highest BCUT2D eigenvalue weighted by molar-refractivity contribution is 5.83. The molecule has 0 aromatic heterocycles. The van der Waals surface area contributed by atoms with E-state index in [1.807, 2.05) is 52.0 Å². The monoisotopic (exact) mass is 275 g/mol. The third kappa shape index (κ3) is 3.32. The summed E-state index contributed by atoms with van der Waals surface area (Å²) >= 11 is 0. The smallest absolute Gasteiger partial charge is 0.415 e. The number of aryl methyl sites for hydroxylation is 1. The Bertz CT molecular complexity index is 529. The van der Waals surface area contributed by atoms with Crippen molar-refractivity contribution in [1.82, 2.24) is 4.90 Å². The zero-order chi connectivity index (χ0) is 14.8. The molecule has 0 radical (unpaired) electrons. The normalized spacial score (nSPS) is 15.4. The van der Waals surface area contributed by atoms with Gasteiger partial charge in [0.1, 0.15) is 18.5 Å². The average Bonchev–Trinajstić information content (AvgIpc) is 2.37. The molecule has 0 unspecified atom stereocenters. The Balaban J connectivity index is 2.29. The summed E-state index contributed by atoms with van der Waals surface area (Å²) in [5.41, 5.74) is 2.33. The van der Waals surface area contributed by atoms with Gasteiger partial charge in [-0.1, -0.05) is 24.3 Å². The van der Waals surface area contributed by atoms with E-state index in [9.17, 15) is 4.79 Å². The molecule has 1 heterocycles. The third-order valence-corrected chi connectivity index (χ3v) is 2.95. The first-order valence-corrected chi connectivity index (χ1v) is 6.77. The van der Waals surface area contributed by atoms with Crippen LogP contribution in [0.1, 0.15) is 31.9 Å². The molecule has 0 aliphatic carbocycles. The van der Waals surface area contributed by atoms with Crippen LogP contribution >= 0.6 is 0 Å². The van der Waals surface area contributed by atoms with Crippen LogP contribution in [-0.4, -0.2) is 29.7 Å². The van der Waals surface area contributed by atoms with Crippen LogP contribution in [0.3, 0.4) is 0 Å². The molecule has 0 saturated carbocycles. The first kappa shape index (κ1) is 14.4. The largest absolute Gasteiger partial charge is 0.497 e. The minimum Gasteiger partial charge on any atom is -0.497 e. The van der Waals surface area contributed by atoms with Gasteiger partial charge in [-0.15, -0.1) is 0 Å². The minimum absolute atomic E-state index is 0.338.